The average Bonchev–Trinajstić information content (AvgIpc) is 2.37. The minimum absolute atomic E-state index is 0.0406. The summed E-state index contributed by atoms with van der Waals surface area (Å²) in [4.78, 5) is 22.5. The van der Waals surface area contributed by atoms with Crippen molar-refractivity contribution in [2.24, 2.45) is 0 Å². The largest absolute Gasteiger partial charge is 0.462 e. The van der Waals surface area contributed by atoms with Crippen molar-refractivity contribution in [3.8, 4) is 11.8 Å². The molecule has 0 saturated carbocycles. The number of ether oxygens (including phenoxy) is 2. The molecule has 0 unspecified atom stereocenters. The SMILES string of the molecule is CCOC(=O)c1cc(OC(F)F)cc(C#N)c1C=O. The molecule has 0 saturated heterocycles. The molecule has 0 amide bonds. The maximum Gasteiger partial charge on any atom is 0.387 e. The Kier molecular flexibility index (Phi) is 4.94. The summed E-state index contributed by atoms with van der Waals surface area (Å²) >= 11 is 0. The van der Waals surface area contributed by atoms with Crippen molar-refractivity contribution in [2.45, 2.75) is 13.5 Å². The van der Waals surface area contributed by atoms with Crippen molar-refractivity contribution < 1.29 is 27.8 Å². The van der Waals surface area contributed by atoms with E-state index in [9.17, 15) is 18.4 Å². The zero-order valence-corrected chi connectivity index (χ0v) is 9.85. The van der Waals surface area contributed by atoms with Crippen LogP contribution in [0.3, 0.4) is 0 Å². The number of nitriles is 1. The molecule has 5 nitrogen and oxygen atoms in total. The Labute approximate surface area is 107 Å². The van der Waals surface area contributed by atoms with E-state index in [0.29, 0.717) is 0 Å². The number of carbonyl (C=O) groups excluding carboxylic acids is 2. The van der Waals surface area contributed by atoms with Crippen LogP contribution >= 0.6 is 0 Å². The highest BCUT2D eigenvalue weighted by Crippen LogP contribution is 2.23. The Morgan fingerprint density at radius 2 is 2.21 bits per heavy atom. The maximum atomic E-state index is 12.1. The quantitative estimate of drug-likeness (QED) is 0.604. The van der Waals surface area contributed by atoms with Gasteiger partial charge in [-0.25, -0.2) is 4.79 Å². The van der Waals surface area contributed by atoms with Gasteiger partial charge in [0.25, 0.3) is 0 Å². The third-order valence-electron chi connectivity index (χ3n) is 2.11. The Morgan fingerprint density at radius 3 is 2.68 bits per heavy atom. The van der Waals surface area contributed by atoms with Crippen molar-refractivity contribution in [2.75, 3.05) is 6.61 Å². The van der Waals surface area contributed by atoms with Gasteiger partial charge in [0.1, 0.15) is 11.8 Å². The van der Waals surface area contributed by atoms with E-state index >= 15 is 0 Å². The lowest BCUT2D eigenvalue weighted by atomic mass is 10.0. The van der Waals surface area contributed by atoms with E-state index in [1.54, 1.807) is 13.0 Å². The molecule has 0 heterocycles. The molecular weight excluding hydrogens is 260 g/mol. The molecule has 0 radical (unpaired) electrons. The fourth-order valence-corrected chi connectivity index (χ4v) is 1.39. The molecule has 0 aliphatic carbocycles. The lowest BCUT2D eigenvalue weighted by molar-refractivity contribution is -0.0499. The maximum absolute atomic E-state index is 12.1. The van der Waals surface area contributed by atoms with Crippen LogP contribution < -0.4 is 4.74 Å². The highest BCUT2D eigenvalue weighted by molar-refractivity contribution is 6.00. The molecule has 1 aromatic rings. The van der Waals surface area contributed by atoms with Crippen LogP contribution in [-0.4, -0.2) is 25.5 Å². The fourth-order valence-electron chi connectivity index (χ4n) is 1.39. The number of rotatable bonds is 5. The van der Waals surface area contributed by atoms with Gasteiger partial charge in [0, 0.05) is 5.56 Å². The van der Waals surface area contributed by atoms with Crippen LogP contribution in [0.15, 0.2) is 12.1 Å². The first kappa shape index (κ1) is 14.6. The second-order valence-electron chi connectivity index (χ2n) is 3.26. The number of carbonyl (C=O) groups is 2. The molecule has 0 N–H and O–H groups in total. The molecule has 0 aromatic heterocycles. The first-order valence-electron chi connectivity index (χ1n) is 5.18. The van der Waals surface area contributed by atoms with Crippen molar-refractivity contribution in [1.82, 2.24) is 0 Å². The fraction of sp³-hybridized carbons (Fsp3) is 0.250. The van der Waals surface area contributed by atoms with Crippen molar-refractivity contribution in [3.63, 3.8) is 0 Å². The number of hydrogen-bond donors (Lipinski definition) is 0. The number of benzene rings is 1. The average molecular weight is 269 g/mol. The molecule has 0 fully saturated rings. The van der Waals surface area contributed by atoms with Gasteiger partial charge in [-0.05, 0) is 19.1 Å². The molecule has 1 rings (SSSR count). The van der Waals surface area contributed by atoms with Crippen LogP contribution in [0.1, 0.15) is 33.2 Å². The Hall–Kier alpha value is -2.49. The van der Waals surface area contributed by atoms with Crippen molar-refractivity contribution >= 4 is 12.3 Å². The van der Waals surface area contributed by atoms with Crippen molar-refractivity contribution in [3.05, 3.63) is 28.8 Å². The minimum Gasteiger partial charge on any atom is -0.462 e. The summed E-state index contributed by atoms with van der Waals surface area (Å²) in [7, 11) is 0. The molecular formula is C12H9F2NO4. The smallest absolute Gasteiger partial charge is 0.387 e. The summed E-state index contributed by atoms with van der Waals surface area (Å²) in [5.41, 5.74) is -0.745. The van der Waals surface area contributed by atoms with Crippen LogP contribution in [0.5, 0.6) is 5.75 Å². The zero-order chi connectivity index (χ0) is 14.4. The molecule has 0 bridgehead atoms. The Morgan fingerprint density at radius 1 is 1.53 bits per heavy atom. The number of halogens is 2. The number of nitrogens with zero attached hydrogens (tertiary/aromatic N) is 1. The second-order valence-corrected chi connectivity index (χ2v) is 3.26. The zero-order valence-electron chi connectivity index (χ0n) is 9.85. The van der Waals surface area contributed by atoms with E-state index in [4.69, 9.17) is 5.26 Å². The number of hydrogen-bond acceptors (Lipinski definition) is 5. The molecule has 7 heteroatoms. The second kappa shape index (κ2) is 6.44. The van der Waals surface area contributed by atoms with Gasteiger partial charge < -0.3 is 9.47 Å². The van der Waals surface area contributed by atoms with Gasteiger partial charge in [0.2, 0.25) is 0 Å². The van der Waals surface area contributed by atoms with Gasteiger partial charge in [0.05, 0.1) is 17.7 Å². The first-order valence-corrected chi connectivity index (χ1v) is 5.18. The monoisotopic (exact) mass is 269 g/mol. The summed E-state index contributed by atoms with van der Waals surface area (Å²) in [6.07, 6.45) is 0.289. The number of esters is 1. The third-order valence-corrected chi connectivity index (χ3v) is 2.11. The predicted molar refractivity (Wildman–Crippen MR) is 59.1 cm³/mol. The topological polar surface area (TPSA) is 76.4 Å². The van der Waals surface area contributed by atoms with Gasteiger partial charge in [-0.15, -0.1) is 0 Å². The third kappa shape index (κ3) is 3.48. The van der Waals surface area contributed by atoms with Gasteiger partial charge >= 0.3 is 12.6 Å². The Balaban J connectivity index is 3.36. The summed E-state index contributed by atoms with van der Waals surface area (Å²) in [6.45, 7) is -1.52. The van der Waals surface area contributed by atoms with Crippen molar-refractivity contribution in [1.29, 1.82) is 5.26 Å². The van der Waals surface area contributed by atoms with E-state index in [2.05, 4.69) is 9.47 Å². The predicted octanol–water partition coefficient (Wildman–Crippen LogP) is 2.15. The van der Waals surface area contributed by atoms with Gasteiger partial charge in [-0.3, -0.25) is 4.79 Å². The van der Waals surface area contributed by atoms with Crippen LogP contribution in [-0.2, 0) is 4.74 Å². The van der Waals surface area contributed by atoms with E-state index in [-0.39, 0.29) is 35.3 Å². The molecule has 19 heavy (non-hydrogen) atoms. The summed E-state index contributed by atoms with van der Waals surface area (Å²) in [5.74, 6) is -1.28. The van der Waals surface area contributed by atoms with Crippen LogP contribution in [0, 0.1) is 11.3 Å². The van der Waals surface area contributed by atoms with Gasteiger partial charge in [0.15, 0.2) is 6.29 Å². The lowest BCUT2D eigenvalue weighted by Crippen LogP contribution is -2.11. The van der Waals surface area contributed by atoms with E-state index in [1.165, 1.54) is 0 Å². The Bertz CT molecular complexity index is 537. The standard InChI is InChI=1S/C12H9F2NO4/c1-2-18-11(17)9-4-8(19-12(13)14)3-7(5-15)10(9)6-16/h3-4,6,12H,2H2,1H3. The molecule has 0 spiro atoms. The van der Waals surface area contributed by atoms with Gasteiger partial charge in [-0.1, -0.05) is 0 Å². The first-order chi connectivity index (χ1) is 9.03. The normalized spacial score (nSPS) is 9.84. The molecule has 0 aliphatic rings. The van der Waals surface area contributed by atoms with Crippen LogP contribution in [0.25, 0.3) is 0 Å². The van der Waals surface area contributed by atoms with E-state index in [1.807, 2.05) is 0 Å². The number of alkyl halides is 2. The van der Waals surface area contributed by atoms with E-state index < -0.39 is 12.6 Å². The summed E-state index contributed by atoms with van der Waals surface area (Å²) in [6, 6.07) is 3.53. The van der Waals surface area contributed by atoms with Gasteiger partial charge in [-0.2, -0.15) is 14.0 Å². The number of aldehydes is 1. The molecule has 0 aliphatic heterocycles. The lowest BCUT2D eigenvalue weighted by Gasteiger charge is -2.10. The van der Waals surface area contributed by atoms with E-state index in [0.717, 1.165) is 12.1 Å². The highest BCUT2D eigenvalue weighted by Gasteiger charge is 2.19. The summed E-state index contributed by atoms with van der Waals surface area (Å²) in [5, 5.41) is 8.84. The van der Waals surface area contributed by atoms with Crippen LogP contribution in [0.2, 0.25) is 0 Å². The molecule has 1 aromatic carbocycles. The highest BCUT2D eigenvalue weighted by atomic mass is 19.3. The minimum atomic E-state index is -3.11. The molecule has 100 valence electrons. The summed E-state index contributed by atoms with van der Waals surface area (Å²) < 4.78 is 33.1. The van der Waals surface area contributed by atoms with Crippen LogP contribution in [0.4, 0.5) is 8.78 Å². The molecule has 0 atom stereocenters.